The molecule has 6 nitrogen and oxygen atoms in total. The molecule has 3 rings (SSSR count). The van der Waals surface area contributed by atoms with Gasteiger partial charge < -0.3 is 4.74 Å². The third kappa shape index (κ3) is 4.93. The quantitative estimate of drug-likeness (QED) is 0.724. The summed E-state index contributed by atoms with van der Waals surface area (Å²) in [5.74, 6) is -0.0528. The van der Waals surface area contributed by atoms with E-state index in [2.05, 4.69) is 29.9 Å². The van der Waals surface area contributed by atoms with Crippen molar-refractivity contribution in [3.05, 3.63) is 49.3 Å². The van der Waals surface area contributed by atoms with E-state index in [1.54, 1.807) is 30.5 Å². The van der Waals surface area contributed by atoms with Crippen LogP contribution in [0.25, 0.3) is 10.9 Å². The van der Waals surface area contributed by atoms with Crippen LogP contribution in [0.4, 0.5) is 13.2 Å². The van der Waals surface area contributed by atoms with E-state index in [-0.39, 0.29) is 5.88 Å². The van der Waals surface area contributed by atoms with E-state index in [0.717, 1.165) is 0 Å². The summed E-state index contributed by atoms with van der Waals surface area (Å²) in [6.45, 7) is -1.35. The molecule has 0 N–H and O–H groups in total. The van der Waals surface area contributed by atoms with Gasteiger partial charge in [-0.2, -0.15) is 18.3 Å². The third-order valence-corrected chi connectivity index (χ3v) is 2.28. The second kappa shape index (κ2) is 7.25. The number of ether oxygens (including phenoxy) is 1. The molecule has 0 aliphatic heterocycles. The lowest BCUT2D eigenvalue weighted by Gasteiger charge is -2.09. The lowest BCUT2D eigenvalue weighted by molar-refractivity contribution is -0.153. The van der Waals surface area contributed by atoms with Gasteiger partial charge in [-0.25, -0.2) is 15.0 Å². The van der Waals surface area contributed by atoms with Crippen LogP contribution in [0.15, 0.2) is 49.3 Å². The predicted molar refractivity (Wildman–Crippen MR) is 70.9 cm³/mol. The molecule has 0 fully saturated rings. The first-order valence-corrected chi connectivity index (χ1v) is 6.02. The molecule has 22 heavy (non-hydrogen) atoms. The molecule has 0 aliphatic carbocycles. The van der Waals surface area contributed by atoms with Gasteiger partial charge in [-0.1, -0.05) is 12.1 Å². The predicted octanol–water partition coefficient (Wildman–Crippen LogP) is 2.44. The first-order valence-electron chi connectivity index (χ1n) is 6.02. The maximum absolute atomic E-state index is 12.0. The fraction of sp³-hybridized carbons (Fsp3) is 0.154. The molecule has 0 spiro atoms. The Morgan fingerprint density at radius 3 is 2.36 bits per heavy atom. The molecule has 1 aromatic carbocycles. The van der Waals surface area contributed by atoms with E-state index >= 15 is 0 Å². The zero-order valence-electron chi connectivity index (χ0n) is 11.1. The van der Waals surface area contributed by atoms with E-state index in [9.17, 15) is 13.2 Å². The number of aromatic nitrogens is 5. The van der Waals surface area contributed by atoms with Gasteiger partial charge in [0, 0.05) is 6.20 Å². The van der Waals surface area contributed by atoms with Crippen molar-refractivity contribution in [2.24, 2.45) is 0 Å². The molecule has 0 saturated heterocycles. The van der Waals surface area contributed by atoms with E-state index in [4.69, 9.17) is 0 Å². The van der Waals surface area contributed by atoms with Crippen LogP contribution >= 0.6 is 0 Å². The lowest BCUT2D eigenvalue weighted by Crippen LogP contribution is -2.19. The Labute approximate surface area is 123 Å². The summed E-state index contributed by atoms with van der Waals surface area (Å²) in [7, 11) is 0. The second-order valence-corrected chi connectivity index (χ2v) is 3.89. The maximum Gasteiger partial charge on any atom is 0.422 e. The van der Waals surface area contributed by atoms with Crippen molar-refractivity contribution in [1.29, 1.82) is 0 Å². The highest BCUT2D eigenvalue weighted by atomic mass is 19.4. The average molecular weight is 309 g/mol. The van der Waals surface area contributed by atoms with Crippen molar-refractivity contribution in [3.63, 3.8) is 0 Å². The minimum atomic E-state index is -4.37. The van der Waals surface area contributed by atoms with Crippen LogP contribution in [-0.2, 0) is 0 Å². The van der Waals surface area contributed by atoms with Crippen molar-refractivity contribution >= 4 is 10.9 Å². The Balaban J connectivity index is 0.000000246. The second-order valence-electron chi connectivity index (χ2n) is 3.89. The molecule has 0 atom stereocenters. The molecule has 0 radical (unpaired) electrons. The molecule has 0 unspecified atom stereocenters. The van der Waals surface area contributed by atoms with Gasteiger partial charge in [0.1, 0.15) is 12.7 Å². The SMILES string of the molecule is FC(F)(F)COc1ncnc2ccccc12.c1cnncn1. The topological polar surface area (TPSA) is 73.7 Å². The first-order chi connectivity index (χ1) is 10.6. The zero-order chi connectivity index (χ0) is 15.8. The fourth-order valence-electron chi connectivity index (χ4n) is 1.45. The van der Waals surface area contributed by atoms with Crippen molar-refractivity contribution in [2.75, 3.05) is 6.61 Å². The normalized spacial score (nSPS) is 10.7. The van der Waals surface area contributed by atoms with Gasteiger partial charge in [0.25, 0.3) is 0 Å². The molecule has 0 amide bonds. The van der Waals surface area contributed by atoms with Crippen LogP contribution in [0.3, 0.4) is 0 Å². The number of benzene rings is 1. The number of fused-ring (bicyclic) bond motifs is 1. The van der Waals surface area contributed by atoms with Crippen LogP contribution < -0.4 is 4.74 Å². The first kappa shape index (κ1) is 15.5. The lowest BCUT2D eigenvalue weighted by atomic mass is 10.2. The summed E-state index contributed by atoms with van der Waals surface area (Å²) in [4.78, 5) is 11.2. The van der Waals surface area contributed by atoms with Gasteiger partial charge in [0.15, 0.2) is 6.61 Å². The number of hydrogen-bond donors (Lipinski definition) is 0. The van der Waals surface area contributed by atoms with Gasteiger partial charge in [-0.3, -0.25) is 0 Å². The minimum Gasteiger partial charge on any atom is -0.467 e. The van der Waals surface area contributed by atoms with Crippen LogP contribution in [-0.4, -0.2) is 37.9 Å². The molecule has 3 aromatic rings. The maximum atomic E-state index is 12.0. The van der Waals surface area contributed by atoms with E-state index in [1.807, 2.05) is 0 Å². The van der Waals surface area contributed by atoms with Gasteiger partial charge in [-0.05, 0) is 12.1 Å². The van der Waals surface area contributed by atoms with Gasteiger partial charge >= 0.3 is 6.18 Å². The number of rotatable bonds is 2. The molecule has 0 aliphatic rings. The Morgan fingerprint density at radius 2 is 1.77 bits per heavy atom. The fourth-order valence-corrected chi connectivity index (χ4v) is 1.45. The summed E-state index contributed by atoms with van der Waals surface area (Å²) in [5.41, 5.74) is 0.551. The van der Waals surface area contributed by atoms with Crippen LogP contribution in [0, 0.1) is 0 Å². The molecule has 0 saturated carbocycles. The number of para-hydroxylation sites is 1. The summed E-state index contributed by atoms with van der Waals surface area (Å²) in [5, 5.41) is 7.36. The third-order valence-electron chi connectivity index (χ3n) is 2.28. The summed E-state index contributed by atoms with van der Waals surface area (Å²) in [6.07, 6.45) is 1.30. The van der Waals surface area contributed by atoms with Gasteiger partial charge in [0.05, 0.1) is 17.1 Å². The van der Waals surface area contributed by atoms with Gasteiger partial charge in [0.2, 0.25) is 5.88 Å². The van der Waals surface area contributed by atoms with E-state index < -0.39 is 12.8 Å². The molecule has 2 heterocycles. The van der Waals surface area contributed by atoms with E-state index in [0.29, 0.717) is 10.9 Å². The largest absolute Gasteiger partial charge is 0.467 e. The van der Waals surface area contributed by atoms with Crippen molar-refractivity contribution < 1.29 is 17.9 Å². The van der Waals surface area contributed by atoms with Gasteiger partial charge in [-0.15, -0.1) is 5.10 Å². The Morgan fingerprint density at radius 1 is 0.955 bits per heavy atom. The highest BCUT2D eigenvalue weighted by Crippen LogP contribution is 2.23. The Kier molecular flexibility index (Phi) is 5.12. The monoisotopic (exact) mass is 309 g/mol. The van der Waals surface area contributed by atoms with Crippen LogP contribution in [0.2, 0.25) is 0 Å². The summed E-state index contributed by atoms with van der Waals surface area (Å²) in [6, 6.07) is 6.72. The molecule has 114 valence electrons. The molecule has 0 bridgehead atoms. The standard InChI is InChI=1S/C10H7F3N2O.C3H3N3/c11-10(12,13)5-16-9-7-3-1-2-4-8(7)14-6-15-9;1-2-5-6-3-4-1/h1-4,6H,5H2;1-3H. The number of nitrogens with zero attached hydrogens (tertiary/aromatic N) is 5. The van der Waals surface area contributed by atoms with E-state index in [1.165, 1.54) is 18.9 Å². The average Bonchev–Trinajstić information content (AvgIpc) is 2.54. The van der Waals surface area contributed by atoms with Crippen molar-refractivity contribution in [2.45, 2.75) is 6.18 Å². The highest BCUT2D eigenvalue weighted by Gasteiger charge is 2.29. The van der Waals surface area contributed by atoms with Crippen LogP contribution in [0.1, 0.15) is 0 Å². The number of alkyl halides is 3. The number of hydrogen-bond acceptors (Lipinski definition) is 6. The highest BCUT2D eigenvalue weighted by molar-refractivity contribution is 5.82. The summed E-state index contributed by atoms with van der Waals surface area (Å²) < 4.78 is 40.5. The van der Waals surface area contributed by atoms with Crippen molar-refractivity contribution in [3.8, 4) is 5.88 Å². The Bertz CT molecular complexity index is 677. The molecule has 2 aromatic heterocycles. The Hall–Kier alpha value is -2.84. The molecule has 9 heteroatoms. The molecular formula is C13H10F3N5O. The minimum absolute atomic E-state index is 0.0528. The summed E-state index contributed by atoms with van der Waals surface area (Å²) >= 11 is 0. The zero-order valence-corrected chi connectivity index (χ0v) is 11.1. The van der Waals surface area contributed by atoms with Crippen LogP contribution in [0.5, 0.6) is 5.88 Å². The van der Waals surface area contributed by atoms with Crippen molar-refractivity contribution in [1.82, 2.24) is 25.1 Å². The molecular weight excluding hydrogens is 299 g/mol. The smallest absolute Gasteiger partial charge is 0.422 e. The number of halogens is 3.